The van der Waals surface area contributed by atoms with Crippen LogP contribution < -0.4 is 10.1 Å². The third-order valence-corrected chi connectivity index (χ3v) is 3.69. The van der Waals surface area contributed by atoms with Crippen LogP contribution in [0.5, 0.6) is 5.75 Å². The van der Waals surface area contributed by atoms with Crippen LogP contribution in [0.25, 0.3) is 11.0 Å². The highest BCUT2D eigenvalue weighted by Crippen LogP contribution is 2.27. The molecule has 2 N–H and O–H groups in total. The van der Waals surface area contributed by atoms with Gasteiger partial charge in [-0.2, -0.15) is 0 Å². The van der Waals surface area contributed by atoms with Crippen LogP contribution in [-0.4, -0.2) is 33.6 Å². The van der Waals surface area contributed by atoms with Crippen LogP contribution in [0.15, 0.2) is 40.8 Å². The molecule has 0 saturated heterocycles. The second-order valence-corrected chi connectivity index (χ2v) is 5.31. The summed E-state index contributed by atoms with van der Waals surface area (Å²) < 4.78 is 5.21. The third kappa shape index (κ3) is 3.08. The predicted molar refractivity (Wildman–Crippen MR) is 83.0 cm³/mol. The number of hydrogen-bond donors (Lipinski definition) is 2. The highest BCUT2D eigenvalue weighted by atomic mass is 32.2. The molecule has 0 aliphatic rings. The molecule has 0 radical (unpaired) electrons. The number of nitrogens with zero attached hydrogens (tertiary/aromatic N) is 3. The second kappa shape index (κ2) is 6.01. The van der Waals surface area contributed by atoms with Gasteiger partial charge in [0.1, 0.15) is 22.9 Å². The Bertz CT molecular complexity index is 758. The summed E-state index contributed by atoms with van der Waals surface area (Å²) in [6.07, 6.45) is 1.55. The summed E-state index contributed by atoms with van der Waals surface area (Å²) in [5.41, 5.74) is 1.84. The molecule has 0 spiro atoms. The van der Waals surface area contributed by atoms with E-state index >= 15 is 0 Å². The first-order valence-corrected chi connectivity index (χ1v) is 7.37. The maximum atomic E-state index is 5.21. The first-order chi connectivity index (χ1) is 10.3. The Morgan fingerprint density at radius 3 is 3.00 bits per heavy atom. The number of benzene rings is 1. The van der Waals surface area contributed by atoms with Crippen molar-refractivity contribution in [1.29, 1.82) is 0 Å². The molecule has 0 amide bonds. The Morgan fingerprint density at radius 2 is 2.19 bits per heavy atom. The van der Waals surface area contributed by atoms with Gasteiger partial charge in [-0.25, -0.2) is 15.0 Å². The van der Waals surface area contributed by atoms with E-state index in [1.807, 2.05) is 31.2 Å². The number of fused-ring (bicyclic) bond motifs is 1. The zero-order chi connectivity index (χ0) is 14.7. The molecular weight excluding hydrogens is 286 g/mol. The van der Waals surface area contributed by atoms with E-state index in [0.29, 0.717) is 0 Å². The lowest BCUT2D eigenvalue weighted by atomic mass is 10.3. The summed E-state index contributed by atoms with van der Waals surface area (Å²) in [7, 11) is 1.65. The molecule has 3 rings (SSSR count). The fourth-order valence-electron chi connectivity index (χ4n) is 1.91. The molecule has 108 valence electrons. The molecular formula is C14H15N5OS. The van der Waals surface area contributed by atoms with Gasteiger partial charge in [-0.3, -0.25) is 0 Å². The maximum absolute atomic E-state index is 5.21. The quantitative estimate of drug-likeness (QED) is 0.706. The van der Waals surface area contributed by atoms with Crippen molar-refractivity contribution in [1.82, 2.24) is 19.9 Å². The van der Waals surface area contributed by atoms with Crippen molar-refractivity contribution < 1.29 is 4.74 Å². The van der Waals surface area contributed by atoms with Gasteiger partial charge in [-0.15, -0.1) is 0 Å². The Hall–Kier alpha value is -2.28. The Morgan fingerprint density at radius 1 is 1.29 bits per heavy atom. The number of methoxy groups -OCH3 is 1. The summed E-state index contributed by atoms with van der Waals surface area (Å²) >= 11 is 1.47. The summed E-state index contributed by atoms with van der Waals surface area (Å²) in [5, 5.41) is 4.79. The number of ether oxygens (including phenoxy) is 1. The van der Waals surface area contributed by atoms with Gasteiger partial charge >= 0.3 is 0 Å². The number of rotatable bonds is 5. The molecule has 0 aliphatic heterocycles. The number of hydrogen-bond acceptors (Lipinski definition) is 6. The topological polar surface area (TPSA) is 75.7 Å². The SMILES string of the molecule is CCNc1cc(Sc2nc3ccc(OC)cc3[nH]2)ncn1. The molecule has 1 aromatic carbocycles. The van der Waals surface area contributed by atoms with Crippen molar-refractivity contribution in [2.75, 3.05) is 19.0 Å². The van der Waals surface area contributed by atoms with Gasteiger partial charge < -0.3 is 15.0 Å². The summed E-state index contributed by atoms with van der Waals surface area (Å²) in [6.45, 7) is 2.85. The smallest absolute Gasteiger partial charge is 0.172 e. The lowest BCUT2D eigenvalue weighted by molar-refractivity contribution is 0.415. The number of imidazole rings is 1. The molecule has 7 heteroatoms. The van der Waals surface area contributed by atoms with Crippen molar-refractivity contribution in [2.45, 2.75) is 17.1 Å². The largest absolute Gasteiger partial charge is 0.497 e. The number of aromatic amines is 1. The summed E-state index contributed by atoms with van der Waals surface area (Å²) in [4.78, 5) is 16.2. The zero-order valence-corrected chi connectivity index (χ0v) is 12.6. The van der Waals surface area contributed by atoms with Crippen LogP contribution in [-0.2, 0) is 0 Å². The van der Waals surface area contributed by atoms with Crippen LogP contribution in [0.1, 0.15) is 6.92 Å². The Balaban J connectivity index is 1.85. The van der Waals surface area contributed by atoms with Crippen LogP contribution >= 0.6 is 11.8 Å². The number of anilines is 1. The van der Waals surface area contributed by atoms with Gasteiger partial charge in [0.15, 0.2) is 5.16 Å². The summed E-state index contributed by atoms with van der Waals surface area (Å²) in [6, 6.07) is 7.66. The molecule has 6 nitrogen and oxygen atoms in total. The minimum absolute atomic E-state index is 0.791. The van der Waals surface area contributed by atoms with Gasteiger partial charge in [-0.05, 0) is 30.8 Å². The first-order valence-electron chi connectivity index (χ1n) is 6.56. The predicted octanol–water partition coefficient (Wildman–Crippen LogP) is 2.94. The lowest BCUT2D eigenvalue weighted by Crippen LogP contribution is -1.99. The molecule has 21 heavy (non-hydrogen) atoms. The van der Waals surface area contributed by atoms with Gasteiger partial charge in [-0.1, -0.05) is 0 Å². The van der Waals surface area contributed by atoms with E-state index in [4.69, 9.17) is 4.74 Å². The average Bonchev–Trinajstić information content (AvgIpc) is 2.89. The van der Waals surface area contributed by atoms with E-state index in [1.165, 1.54) is 11.8 Å². The first kappa shape index (κ1) is 13.7. The third-order valence-electron chi connectivity index (χ3n) is 2.87. The summed E-state index contributed by atoms with van der Waals surface area (Å²) in [5.74, 6) is 1.62. The van der Waals surface area contributed by atoms with E-state index in [0.717, 1.165) is 39.3 Å². The highest BCUT2D eigenvalue weighted by molar-refractivity contribution is 7.99. The lowest BCUT2D eigenvalue weighted by Gasteiger charge is -2.02. The van der Waals surface area contributed by atoms with Crippen LogP contribution in [0.4, 0.5) is 5.82 Å². The standard InChI is InChI=1S/C14H15N5OS/c1-3-15-12-7-13(17-8-16-12)21-14-18-10-5-4-9(20-2)6-11(10)19-14/h4-8H,3H2,1-2H3,(H,18,19)(H,15,16,17). The number of nitrogens with one attached hydrogen (secondary N) is 2. The Labute approximate surface area is 126 Å². The van der Waals surface area contributed by atoms with Crippen LogP contribution in [0.3, 0.4) is 0 Å². The van der Waals surface area contributed by atoms with E-state index in [2.05, 4.69) is 25.3 Å². The molecule has 0 atom stereocenters. The van der Waals surface area contributed by atoms with Gasteiger partial charge in [0.2, 0.25) is 0 Å². The van der Waals surface area contributed by atoms with E-state index in [9.17, 15) is 0 Å². The van der Waals surface area contributed by atoms with Gasteiger partial charge in [0, 0.05) is 18.7 Å². The zero-order valence-electron chi connectivity index (χ0n) is 11.8. The van der Waals surface area contributed by atoms with Crippen LogP contribution in [0, 0.1) is 0 Å². The molecule has 0 aliphatic carbocycles. The van der Waals surface area contributed by atoms with Crippen molar-refractivity contribution in [2.24, 2.45) is 0 Å². The van der Waals surface area contributed by atoms with Crippen LogP contribution in [0.2, 0.25) is 0 Å². The normalized spacial score (nSPS) is 10.8. The number of H-pyrrole nitrogens is 1. The highest BCUT2D eigenvalue weighted by Gasteiger charge is 2.07. The molecule has 0 saturated carbocycles. The van der Waals surface area contributed by atoms with Crippen molar-refractivity contribution >= 4 is 28.6 Å². The molecule has 2 heterocycles. The molecule has 2 aromatic heterocycles. The molecule has 3 aromatic rings. The fourth-order valence-corrected chi connectivity index (χ4v) is 2.69. The fraction of sp³-hybridized carbons (Fsp3) is 0.214. The van der Waals surface area contributed by atoms with Gasteiger partial charge in [0.05, 0.1) is 18.1 Å². The van der Waals surface area contributed by atoms with E-state index in [1.54, 1.807) is 13.4 Å². The molecule has 0 fully saturated rings. The second-order valence-electron chi connectivity index (χ2n) is 4.30. The van der Waals surface area contributed by atoms with Crippen molar-refractivity contribution in [3.8, 4) is 5.75 Å². The van der Waals surface area contributed by atoms with Crippen molar-refractivity contribution in [3.05, 3.63) is 30.6 Å². The maximum Gasteiger partial charge on any atom is 0.172 e. The van der Waals surface area contributed by atoms with Crippen molar-refractivity contribution in [3.63, 3.8) is 0 Å². The van der Waals surface area contributed by atoms with Gasteiger partial charge in [0.25, 0.3) is 0 Å². The minimum Gasteiger partial charge on any atom is -0.497 e. The molecule has 0 unspecified atom stereocenters. The minimum atomic E-state index is 0.791. The Kier molecular flexibility index (Phi) is 3.92. The average molecular weight is 301 g/mol. The molecule has 0 bridgehead atoms. The van der Waals surface area contributed by atoms with E-state index < -0.39 is 0 Å². The van der Waals surface area contributed by atoms with E-state index in [-0.39, 0.29) is 0 Å². The number of aromatic nitrogens is 4. The monoisotopic (exact) mass is 301 g/mol.